The number of nitrogens with one attached hydrogen (secondary N) is 2. The van der Waals surface area contributed by atoms with Crippen LogP contribution in [0.3, 0.4) is 0 Å². The lowest BCUT2D eigenvalue weighted by molar-refractivity contribution is -0.145. The van der Waals surface area contributed by atoms with E-state index in [4.69, 9.17) is 5.73 Å². The van der Waals surface area contributed by atoms with E-state index in [2.05, 4.69) is 24.5 Å². The van der Waals surface area contributed by atoms with Crippen molar-refractivity contribution in [2.24, 2.45) is 40.7 Å². The summed E-state index contributed by atoms with van der Waals surface area (Å²) in [6.45, 7) is 12.0. The van der Waals surface area contributed by atoms with Crippen molar-refractivity contribution in [2.45, 2.75) is 85.4 Å². The summed E-state index contributed by atoms with van der Waals surface area (Å²) in [7, 11) is 0. The first-order valence-corrected chi connectivity index (χ1v) is 12.6. The Morgan fingerprint density at radius 1 is 1.06 bits per heavy atom. The van der Waals surface area contributed by atoms with Gasteiger partial charge in [0, 0.05) is 12.5 Å². The lowest BCUT2D eigenvalue weighted by atomic mass is 9.94. The smallest absolute Gasteiger partial charge is 0.287 e. The second-order valence-corrected chi connectivity index (χ2v) is 11.4. The van der Waals surface area contributed by atoms with Crippen LogP contribution in [0.2, 0.25) is 0 Å². The fraction of sp³-hybridized carbons (Fsp3) is 0.800. The van der Waals surface area contributed by atoms with Gasteiger partial charge in [-0.05, 0) is 35.5 Å². The van der Waals surface area contributed by atoms with Gasteiger partial charge in [0.2, 0.25) is 23.5 Å². The summed E-state index contributed by atoms with van der Waals surface area (Å²) in [6, 6.07) is -2.45. The number of fused-ring (bicyclic) bond motifs is 1. The van der Waals surface area contributed by atoms with Gasteiger partial charge in [0.1, 0.15) is 12.1 Å². The van der Waals surface area contributed by atoms with Crippen molar-refractivity contribution in [1.82, 2.24) is 15.5 Å². The van der Waals surface area contributed by atoms with Gasteiger partial charge in [-0.3, -0.25) is 24.0 Å². The minimum Gasteiger partial charge on any atom is -0.363 e. The summed E-state index contributed by atoms with van der Waals surface area (Å²) in [6.07, 6.45) is 2.98. The molecule has 4 amide bonds. The van der Waals surface area contributed by atoms with E-state index in [1.54, 1.807) is 18.7 Å². The molecule has 190 valence electrons. The lowest BCUT2D eigenvalue weighted by Crippen LogP contribution is -2.59. The predicted octanol–water partition coefficient (Wildman–Crippen LogP) is 0.996. The molecule has 4 unspecified atom stereocenters. The third kappa shape index (κ3) is 5.13. The fourth-order valence-corrected chi connectivity index (χ4v) is 5.34. The maximum absolute atomic E-state index is 13.7. The highest BCUT2D eigenvalue weighted by Gasteiger charge is 2.69. The largest absolute Gasteiger partial charge is 0.363 e. The Morgan fingerprint density at radius 2 is 1.68 bits per heavy atom. The van der Waals surface area contributed by atoms with E-state index in [-0.39, 0.29) is 40.9 Å². The number of primary amides is 1. The third-order valence-electron chi connectivity index (χ3n) is 8.20. The van der Waals surface area contributed by atoms with Crippen LogP contribution in [-0.2, 0) is 24.0 Å². The molecule has 1 aliphatic heterocycles. The van der Waals surface area contributed by atoms with Crippen LogP contribution in [0.5, 0.6) is 0 Å². The molecule has 0 bridgehead atoms. The van der Waals surface area contributed by atoms with Gasteiger partial charge in [-0.1, -0.05) is 60.8 Å². The number of carbonyl (C=O) groups excluding carboxylic acids is 5. The van der Waals surface area contributed by atoms with Gasteiger partial charge in [0.05, 0.1) is 6.04 Å². The molecule has 34 heavy (non-hydrogen) atoms. The molecular formula is C25H40N4O5. The second-order valence-electron chi connectivity index (χ2n) is 11.4. The molecule has 2 aliphatic carbocycles. The van der Waals surface area contributed by atoms with Gasteiger partial charge in [0.25, 0.3) is 5.91 Å². The predicted molar refractivity (Wildman–Crippen MR) is 126 cm³/mol. The zero-order valence-corrected chi connectivity index (χ0v) is 21.2. The summed E-state index contributed by atoms with van der Waals surface area (Å²) in [5.41, 5.74) is 5.13. The van der Waals surface area contributed by atoms with Crippen LogP contribution in [0.1, 0.15) is 67.2 Å². The van der Waals surface area contributed by atoms with E-state index >= 15 is 0 Å². The average Bonchev–Trinajstić information content (AvgIpc) is 3.62. The van der Waals surface area contributed by atoms with Crippen molar-refractivity contribution in [2.75, 3.05) is 6.54 Å². The Bertz CT molecular complexity index is 865. The molecule has 6 atom stereocenters. The van der Waals surface area contributed by atoms with Crippen molar-refractivity contribution >= 4 is 29.4 Å². The van der Waals surface area contributed by atoms with E-state index in [0.717, 1.165) is 12.8 Å². The maximum Gasteiger partial charge on any atom is 0.287 e. The molecule has 2 saturated carbocycles. The van der Waals surface area contributed by atoms with Gasteiger partial charge < -0.3 is 21.3 Å². The Balaban J connectivity index is 1.83. The molecule has 3 aliphatic rings. The number of nitrogens with two attached hydrogens (primary N) is 1. The van der Waals surface area contributed by atoms with E-state index in [9.17, 15) is 24.0 Å². The summed E-state index contributed by atoms with van der Waals surface area (Å²) in [5.74, 6) is -2.74. The standard InChI is InChI=1S/C25H40N4O5/c1-7-13(4)18(28-22(32)12(2)3)24(34)29-11-15-17(25(15,5)6)19(29)23(33)27-16(10-14-8-9-14)20(30)21(26)31/h12-19H,7-11H2,1-6H3,(H2,26,31)(H,27,33)(H,28,32)/t13-,15?,16?,17?,18+,19?/m1/s1. The van der Waals surface area contributed by atoms with Crippen LogP contribution in [0.15, 0.2) is 0 Å². The van der Waals surface area contributed by atoms with Crippen LogP contribution in [0.25, 0.3) is 0 Å². The third-order valence-corrected chi connectivity index (χ3v) is 8.20. The molecule has 3 rings (SSSR count). The molecule has 1 heterocycles. The molecule has 9 nitrogen and oxygen atoms in total. The molecule has 0 radical (unpaired) electrons. The van der Waals surface area contributed by atoms with Crippen LogP contribution in [-0.4, -0.2) is 59.0 Å². The first-order valence-electron chi connectivity index (χ1n) is 12.6. The number of piperidine rings is 1. The normalized spacial score (nSPS) is 27.4. The minimum absolute atomic E-state index is 0.0416. The Morgan fingerprint density at radius 3 is 2.18 bits per heavy atom. The summed E-state index contributed by atoms with van der Waals surface area (Å²) >= 11 is 0. The van der Waals surface area contributed by atoms with Crippen LogP contribution >= 0.6 is 0 Å². The quantitative estimate of drug-likeness (QED) is 0.382. The Labute approximate surface area is 201 Å². The second kappa shape index (κ2) is 9.66. The van der Waals surface area contributed by atoms with Crippen LogP contribution in [0.4, 0.5) is 0 Å². The Hall–Kier alpha value is -2.45. The number of hydrogen-bond donors (Lipinski definition) is 3. The topological polar surface area (TPSA) is 139 Å². The summed E-state index contributed by atoms with van der Waals surface area (Å²) in [4.78, 5) is 65.2. The zero-order chi connectivity index (χ0) is 25.5. The van der Waals surface area contributed by atoms with Crippen molar-refractivity contribution in [3.05, 3.63) is 0 Å². The average molecular weight is 477 g/mol. The van der Waals surface area contributed by atoms with Gasteiger partial charge in [0.15, 0.2) is 0 Å². The van der Waals surface area contributed by atoms with E-state index in [1.807, 2.05) is 13.8 Å². The number of amides is 4. The molecule has 9 heteroatoms. The van der Waals surface area contributed by atoms with E-state index in [0.29, 0.717) is 25.3 Å². The number of hydrogen-bond acceptors (Lipinski definition) is 5. The van der Waals surface area contributed by atoms with Gasteiger partial charge in [-0.2, -0.15) is 0 Å². The van der Waals surface area contributed by atoms with Gasteiger partial charge >= 0.3 is 0 Å². The van der Waals surface area contributed by atoms with Crippen molar-refractivity contribution < 1.29 is 24.0 Å². The molecule has 0 aromatic rings. The highest BCUT2D eigenvalue weighted by atomic mass is 16.2. The minimum atomic E-state index is -1.07. The molecule has 1 saturated heterocycles. The van der Waals surface area contributed by atoms with Crippen LogP contribution in [0, 0.1) is 35.0 Å². The Kier molecular flexibility index (Phi) is 7.43. The number of nitrogens with zero attached hydrogens (tertiary/aromatic N) is 1. The molecule has 0 spiro atoms. The van der Waals surface area contributed by atoms with Crippen molar-refractivity contribution in [3.8, 4) is 0 Å². The first-order chi connectivity index (χ1) is 15.8. The van der Waals surface area contributed by atoms with E-state index < -0.39 is 35.7 Å². The van der Waals surface area contributed by atoms with Crippen molar-refractivity contribution in [3.63, 3.8) is 0 Å². The number of rotatable bonds is 11. The number of carbonyl (C=O) groups is 5. The number of likely N-dealkylation sites (tertiary alicyclic amines) is 1. The van der Waals surface area contributed by atoms with Gasteiger partial charge in [-0.25, -0.2) is 0 Å². The fourth-order valence-electron chi connectivity index (χ4n) is 5.34. The van der Waals surface area contributed by atoms with Crippen LogP contribution < -0.4 is 16.4 Å². The van der Waals surface area contributed by atoms with Crippen molar-refractivity contribution in [1.29, 1.82) is 0 Å². The zero-order valence-electron chi connectivity index (χ0n) is 21.2. The summed E-state index contributed by atoms with van der Waals surface area (Å²) < 4.78 is 0. The molecule has 0 aromatic heterocycles. The molecule has 0 aromatic carbocycles. The monoisotopic (exact) mass is 476 g/mol. The van der Waals surface area contributed by atoms with E-state index in [1.165, 1.54) is 0 Å². The highest BCUT2D eigenvalue weighted by molar-refractivity contribution is 6.37. The number of Topliss-reactive ketones (excluding diaryl/α,β-unsaturated/α-hetero) is 1. The summed E-state index contributed by atoms with van der Waals surface area (Å²) in [5, 5.41) is 5.65. The first kappa shape index (κ1) is 26.2. The molecule has 4 N–H and O–H groups in total. The highest BCUT2D eigenvalue weighted by Crippen LogP contribution is 2.65. The van der Waals surface area contributed by atoms with Gasteiger partial charge in [-0.15, -0.1) is 0 Å². The molecular weight excluding hydrogens is 436 g/mol. The SMILES string of the molecule is CC[C@@H](C)[C@H](NC(=O)C(C)C)C(=O)N1CC2C(C1C(=O)NC(CC1CC1)C(=O)C(N)=O)C2(C)C. The number of ketones is 1. The molecule has 3 fully saturated rings. The maximum atomic E-state index is 13.7. The lowest BCUT2D eigenvalue weighted by Gasteiger charge is -2.35.